The number of rotatable bonds is 3. The van der Waals surface area contributed by atoms with Gasteiger partial charge < -0.3 is 19.3 Å². The fourth-order valence-electron chi connectivity index (χ4n) is 4.42. The van der Waals surface area contributed by atoms with Gasteiger partial charge in [-0.15, -0.1) is 0 Å². The lowest BCUT2D eigenvalue weighted by Gasteiger charge is -2.50. The predicted octanol–water partition coefficient (Wildman–Crippen LogP) is 2.55. The number of urea groups is 1. The van der Waals surface area contributed by atoms with Gasteiger partial charge in [-0.25, -0.2) is 9.78 Å². The molecule has 2 atom stereocenters. The quantitative estimate of drug-likeness (QED) is 0.845. The smallest absolute Gasteiger partial charge is 0.320 e. The lowest BCUT2D eigenvalue weighted by atomic mass is 9.73. The Labute approximate surface area is 149 Å². The van der Waals surface area contributed by atoms with E-state index in [-0.39, 0.29) is 17.6 Å². The fourth-order valence-corrected chi connectivity index (χ4v) is 4.42. The molecular formula is C19H27N3O3. The number of aromatic nitrogens is 1. The highest BCUT2D eigenvalue weighted by Crippen LogP contribution is 2.41. The summed E-state index contributed by atoms with van der Waals surface area (Å²) >= 11 is 0. The second-order valence-corrected chi connectivity index (χ2v) is 7.47. The molecule has 4 rings (SSSR count). The predicted molar refractivity (Wildman–Crippen MR) is 93.5 cm³/mol. The second kappa shape index (κ2) is 7.20. The van der Waals surface area contributed by atoms with E-state index in [2.05, 4.69) is 4.98 Å². The van der Waals surface area contributed by atoms with Gasteiger partial charge in [0.1, 0.15) is 0 Å². The molecule has 3 saturated heterocycles. The summed E-state index contributed by atoms with van der Waals surface area (Å²) in [6, 6.07) is 5.89. The highest BCUT2D eigenvalue weighted by atomic mass is 16.5. The Bertz CT molecular complexity index is 591. The Morgan fingerprint density at radius 2 is 2.12 bits per heavy atom. The zero-order valence-electron chi connectivity index (χ0n) is 14.7. The van der Waals surface area contributed by atoms with Crippen LogP contribution in [0.1, 0.15) is 32.1 Å². The van der Waals surface area contributed by atoms with Crippen molar-refractivity contribution < 1.29 is 14.3 Å². The van der Waals surface area contributed by atoms with Crippen molar-refractivity contribution in [3.8, 4) is 5.88 Å². The molecule has 0 N–H and O–H groups in total. The number of carbonyl (C=O) groups excluding carboxylic acids is 1. The van der Waals surface area contributed by atoms with Crippen molar-refractivity contribution in [2.45, 2.75) is 38.2 Å². The number of nitrogens with zero attached hydrogens (tertiary/aromatic N) is 3. The van der Waals surface area contributed by atoms with Crippen LogP contribution in [-0.4, -0.2) is 66.3 Å². The van der Waals surface area contributed by atoms with Crippen LogP contribution in [0.3, 0.4) is 0 Å². The molecule has 3 aliphatic rings. The third kappa shape index (κ3) is 3.45. The molecule has 3 aliphatic heterocycles. The highest BCUT2D eigenvalue weighted by molar-refractivity contribution is 5.75. The van der Waals surface area contributed by atoms with Gasteiger partial charge in [0.2, 0.25) is 5.88 Å². The summed E-state index contributed by atoms with van der Waals surface area (Å²) in [5.41, 5.74) is -0.122. The summed E-state index contributed by atoms with van der Waals surface area (Å²) in [7, 11) is 0. The lowest BCUT2D eigenvalue weighted by molar-refractivity contribution is -0.134. The van der Waals surface area contributed by atoms with E-state index in [0.29, 0.717) is 12.5 Å². The Balaban J connectivity index is 1.47. The molecule has 0 saturated carbocycles. The second-order valence-electron chi connectivity index (χ2n) is 7.47. The molecule has 4 heterocycles. The topological polar surface area (TPSA) is 54.9 Å². The Morgan fingerprint density at radius 1 is 1.24 bits per heavy atom. The molecule has 0 spiro atoms. The number of fused-ring (bicyclic) bond motifs is 1. The molecule has 1 aromatic rings. The van der Waals surface area contributed by atoms with Crippen LogP contribution in [0.15, 0.2) is 24.4 Å². The van der Waals surface area contributed by atoms with E-state index in [1.54, 1.807) is 6.20 Å². The first kappa shape index (κ1) is 16.6. The van der Waals surface area contributed by atoms with Gasteiger partial charge in [0.15, 0.2) is 0 Å². The molecule has 0 bridgehead atoms. The number of carbonyl (C=O) groups is 1. The van der Waals surface area contributed by atoms with Crippen molar-refractivity contribution in [3.63, 3.8) is 0 Å². The molecule has 3 fully saturated rings. The van der Waals surface area contributed by atoms with E-state index in [4.69, 9.17) is 9.47 Å². The number of amides is 2. The van der Waals surface area contributed by atoms with E-state index in [9.17, 15) is 4.79 Å². The maximum atomic E-state index is 12.8. The van der Waals surface area contributed by atoms with Gasteiger partial charge >= 0.3 is 6.03 Å². The Kier molecular flexibility index (Phi) is 4.79. The van der Waals surface area contributed by atoms with E-state index >= 15 is 0 Å². The molecule has 6 heteroatoms. The zero-order chi connectivity index (χ0) is 17.1. The van der Waals surface area contributed by atoms with Gasteiger partial charge in [-0.3, -0.25) is 0 Å². The van der Waals surface area contributed by atoms with Gasteiger partial charge in [-0.1, -0.05) is 6.07 Å². The van der Waals surface area contributed by atoms with Gasteiger partial charge in [-0.2, -0.15) is 0 Å². The largest absolute Gasteiger partial charge is 0.477 e. The number of hydrogen-bond acceptors (Lipinski definition) is 4. The van der Waals surface area contributed by atoms with Crippen LogP contribution in [-0.2, 0) is 4.74 Å². The van der Waals surface area contributed by atoms with Crippen molar-refractivity contribution >= 4 is 6.03 Å². The fraction of sp³-hybridized carbons (Fsp3) is 0.684. The van der Waals surface area contributed by atoms with Gasteiger partial charge in [0.25, 0.3) is 0 Å². The molecular weight excluding hydrogens is 318 g/mol. The minimum absolute atomic E-state index is 0.122. The van der Waals surface area contributed by atoms with Crippen molar-refractivity contribution in [3.05, 3.63) is 24.4 Å². The first-order valence-corrected chi connectivity index (χ1v) is 9.46. The number of hydrogen-bond donors (Lipinski definition) is 0. The van der Waals surface area contributed by atoms with E-state index < -0.39 is 0 Å². The van der Waals surface area contributed by atoms with Gasteiger partial charge in [0, 0.05) is 50.5 Å². The van der Waals surface area contributed by atoms with E-state index in [1.165, 1.54) is 0 Å². The van der Waals surface area contributed by atoms with Gasteiger partial charge in [-0.05, 0) is 38.2 Å². The Morgan fingerprint density at radius 3 is 2.92 bits per heavy atom. The maximum Gasteiger partial charge on any atom is 0.320 e. The van der Waals surface area contributed by atoms with Gasteiger partial charge in [0.05, 0.1) is 12.7 Å². The summed E-state index contributed by atoms with van der Waals surface area (Å²) in [6.45, 7) is 4.67. The van der Waals surface area contributed by atoms with E-state index in [1.807, 2.05) is 28.0 Å². The summed E-state index contributed by atoms with van der Waals surface area (Å²) in [6.07, 6.45) is 7.12. The van der Waals surface area contributed by atoms with Crippen molar-refractivity contribution in [1.29, 1.82) is 0 Å². The van der Waals surface area contributed by atoms with Crippen LogP contribution in [0.2, 0.25) is 0 Å². The molecule has 25 heavy (non-hydrogen) atoms. The van der Waals surface area contributed by atoms with Crippen molar-refractivity contribution in [2.75, 3.05) is 39.4 Å². The Hall–Kier alpha value is -1.82. The van der Waals surface area contributed by atoms with Crippen LogP contribution in [0, 0.1) is 5.41 Å². The third-order valence-corrected chi connectivity index (χ3v) is 5.78. The lowest BCUT2D eigenvalue weighted by Crippen LogP contribution is -2.60. The summed E-state index contributed by atoms with van der Waals surface area (Å²) in [5, 5.41) is 0. The zero-order valence-corrected chi connectivity index (χ0v) is 14.7. The maximum absolute atomic E-state index is 12.8. The molecule has 1 aromatic heterocycles. The first-order valence-electron chi connectivity index (χ1n) is 9.46. The molecule has 0 aliphatic carbocycles. The highest BCUT2D eigenvalue weighted by Gasteiger charge is 2.48. The monoisotopic (exact) mass is 345 g/mol. The normalized spacial score (nSPS) is 29.4. The molecule has 0 radical (unpaired) electrons. The molecule has 6 nitrogen and oxygen atoms in total. The van der Waals surface area contributed by atoms with Crippen LogP contribution in [0.5, 0.6) is 5.88 Å². The minimum atomic E-state index is -0.122. The number of pyridine rings is 1. The number of ether oxygens (including phenoxy) is 2. The molecule has 136 valence electrons. The number of piperidine rings is 1. The summed E-state index contributed by atoms with van der Waals surface area (Å²) < 4.78 is 12.1. The SMILES string of the molecule is O=C(N1CCCC1)N1CC[C@@H]2OCCC[C@]2(COc2ccccn2)C1. The number of likely N-dealkylation sites (tertiary alicyclic amines) is 2. The van der Waals surface area contributed by atoms with Crippen LogP contribution in [0.25, 0.3) is 0 Å². The van der Waals surface area contributed by atoms with Crippen LogP contribution >= 0.6 is 0 Å². The third-order valence-electron chi connectivity index (χ3n) is 5.78. The minimum Gasteiger partial charge on any atom is -0.477 e. The average Bonchev–Trinajstić information content (AvgIpc) is 3.21. The van der Waals surface area contributed by atoms with Crippen LogP contribution in [0.4, 0.5) is 4.79 Å². The van der Waals surface area contributed by atoms with Crippen molar-refractivity contribution in [1.82, 2.24) is 14.8 Å². The van der Waals surface area contributed by atoms with Crippen molar-refractivity contribution in [2.24, 2.45) is 5.41 Å². The molecule has 0 aromatic carbocycles. The first-order chi connectivity index (χ1) is 12.3. The average molecular weight is 345 g/mol. The van der Waals surface area contributed by atoms with Crippen LogP contribution < -0.4 is 4.74 Å². The molecule has 0 unspecified atom stereocenters. The van der Waals surface area contributed by atoms with E-state index in [0.717, 1.165) is 64.9 Å². The molecule has 2 amide bonds. The summed E-state index contributed by atoms with van der Waals surface area (Å²) in [5.74, 6) is 0.643. The standard InChI is InChI=1S/C19H27N3O3/c23-18(21-10-3-4-11-21)22-12-7-16-19(14-22,8-5-13-24-16)15-25-17-6-1-2-9-20-17/h1-2,6,9,16H,3-5,7-8,10-15H2/t16-,19+/m0/s1. The summed E-state index contributed by atoms with van der Waals surface area (Å²) in [4.78, 5) is 21.1.